The predicted molar refractivity (Wildman–Crippen MR) is 56.2 cm³/mol. The first kappa shape index (κ1) is 11.1. The van der Waals surface area contributed by atoms with Crippen LogP contribution in [0, 0.1) is 22.7 Å². The van der Waals surface area contributed by atoms with Crippen molar-refractivity contribution in [2.24, 2.45) is 0 Å². The van der Waals surface area contributed by atoms with Crippen molar-refractivity contribution >= 4 is 0 Å². The standard InChI is InChI=1S/C12H14N2O2/c1-2-15-11-5-9-3-4-10(12(11)16-9)8(6-13)7-14/h9,11-12H,2-5H2,1H3/t9-,11+,12+/m0/s1. The molecule has 0 N–H and O–H groups in total. The summed E-state index contributed by atoms with van der Waals surface area (Å²) in [5.74, 6) is 0. The van der Waals surface area contributed by atoms with Gasteiger partial charge in [0, 0.05) is 13.0 Å². The molecule has 0 aliphatic carbocycles. The van der Waals surface area contributed by atoms with Crippen LogP contribution < -0.4 is 0 Å². The van der Waals surface area contributed by atoms with Crippen molar-refractivity contribution in [2.75, 3.05) is 6.61 Å². The fraction of sp³-hybridized carbons (Fsp3) is 0.667. The molecule has 0 aromatic rings. The molecule has 0 aromatic heterocycles. The average Bonchev–Trinajstić information content (AvgIpc) is 2.61. The molecule has 0 spiro atoms. The number of hydrogen-bond donors (Lipinski definition) is 0. The fourth-order valence-electron chi connectivity index (χ4n) is 2.49. The predicted octanol–water partition coefficient (Wildman–Crippen LogP) is 1.69. The minimum absolute atomic E-state index is 0.0178. The Labute approximate surface area is 95.1 Å². The highest BCUT2D eigenvalue weighted by Gasteiger charge is 2.42. The van der Waals surface area contributed by atoms with Crippen LogP contribution in [0.2, 0.25) is 0 Å². The third-order valence-electron chi connectivity index (χ3n) is 3.18. The lowest BCUT2D eigenvalue weighted by atomic mass is 9.97. The van der Waals surface area contributed by atoms with Gasteiger partial charge in [0.05, 0.1) is 12.2 Å². The summed E-state index contributed by atoms with van der Waals surface area (Å²) in [6.45, 7) is 2.58. The summed E-state index contributed by atoms with van der Waals surface area (Å²) in [6, 6.07) is 3.90. The number of nitriles is 2. The number of ether oxygens (including phenoxy) is 2. The largest absolute Gasteiger partial charge is 0.375 e. The highest BCUT2D eigenvalue weighted by atomic mass is 16.6. The molecule has 2 fully saturated rings. The average molecular weight is 218 g/mol. The smallest absolute Gasteiger partial charge is 0.131 e. The maximum Gasteiger partial charge on any atom is 0.131 e. The zero-order valence-electron chi connectivity index (χ0n) is 9.27. The normalized spacial score (nSPS) is 31.9. The third-order valence-corrected chi connectivity index (χ3v) is 3.18. The summed E-state index contributed by atoms with van der Waals surface area (Å²) in [4.78, 5) is 0. The van der Waals surface area contributed by atoms with Crippen LogP contribution in [0.1, 0.15) is 26.2 Å². The van der Waals surface area contributed by atoms with Crippen molar-refractivity contribution in [2.45, 2.75) is 44.5 Å². The Bertz CT molecular complexity index is 373. The molecule has 2 heterocycles. The van der Waals surface area contributed by atoms with E-state index in [0.29, 0.717) is 6.61 Å². The van der Waals surface area contributed by atoms with Gasteiger partial charge in [-0.2, -0.15) is 10.5 Å². The van der Waals surface area contributed by atoms with Gasteiger partial charge in [0.2, 0.25) is 0 Å². The Hall–Kier alpha value is -1.36. The zero-order chi connectivity index (χ0) is 11.5. The van der Waals surface area contributed by atoms with E-state index in [2.05, 4.69) is 0 Å². The summed E-state index contributed by atoms with van der Waals surface area (Å²) >= 11 is 0. The van der Waals surface area contributed by atoms with Gasteiger partial charge in [-0.3, -0.25) is 0 Å². The fourth-order valence-corrected chi connectivity index (χ4v) is 2.49. The maximum absolute atomic E-state index is 8.89. The zero-order valence-corrected chi connectivity index (χ0v) is 9.27. The minimum atomic E-state index is -0.173. The van der Waals surface area contributed by atoms with Gasteiger partial charge in [0.15, 0.2) is 0 Å². The van der Waals surface area contributed by atoms with Crippen LogP contribution in [0.15, 0.2) is 11.1 Å². The topological polar surface area (TPSA) is 66.0 Å². The first-order chi connectivity index (χ1) is 7.80. The number of hydrogen-bond acceptors (Lipinski definition) is 4. The molecule has 0 saturated carbocycles. The molecule has 16 heavy (non-hydrogen) atoms. The quantitative estimate of drug-likeness (QED) is 0.661. The molecule has 2 rings (SSSR count). The van der Waals surface area contributed by atoms with Crippen LogP contribution >= 0.6 is 0 Å². The van der Waals surface area contributed by atoms with Gasteiger partial charge in [-0.15, -0.1) is 0 Å². The van der Waals surface area contributed by atoms with Crippen molar-refractivity contribution in [3.05, 3.63) is 11.1 Å². The molecule has 84 valence electrons. The van der Waals surface area contributed by atoms with Crippen LogP contribution in [-0.4, -0.2) is 24.9 Å². The van der Waals surface area contributed by atoms with Gasteiger partial charge in [-0.1, -0.05) is 0 Å². The Morgan fingerprint density at radius 1 is 1.50 bits per heavy atom. The number of fused-ring (bicyclic) bond motifs is 2. The number of allylic oxidation sites excluding steroid dienone is 1. The molecule has 2 aliphatic rings. The van der Waals surface area contributed by atoms with E-state index in [0.717, 1.165) is 24.8 Å². The Kier molecular flexibility index (Phi) is 3.24. The summed E-state index contributed by atoms with van der Waals surface area (Å²) in [5.41, 5.74) is 1.03. The van der Waals surface area contributed by atoms with Crippen molar-refractivity contribution in [3.8, 4) is 12.1 Å². The molecule has 0 unspecified atom stereocenters. The number of nitrogens with zero attached hydrogens (tertiary/aromatic N) is 2. The lowest BCUT2D eigenvalue weighted by Crippen LogP contribution is -2.29. The van der Waals surface area contributed by atoms with Crippen LogP contribution in [-0.2, 0) is 9.47 Å². The first-order valence-corrected chi connectivity index (χ1v) is 5.60. The highest BCUT2D eigenvalue weighted by molar-refractivity contribution is 5.43. The monoisotopic (exact) mass is 218 g/mol. The Morgan fingerprint density at radius 2 is 2.25 bits per heavy atom. The van der Waals surface area contributed by atoms with Gasteiger partial charge in [0.1, 0.15) is 23.8 Å². The second kappa shape index (κ2) is 4.65. The highest BCUT2D eigenvalue weighted by Crippen LogP contribution is 2.38. The van der Waals surface area contributed by atoms with Crippen molar-refractivity contribution in [3.63, 3.8) is 0 Å². The van der Waals surface area contributed by atoms with Gasteiger partial charge >= 0.3 is 0 Å². The molecule has 2 saturated heterocycles. The van der Waals surface area contributed by atoms with E-state index >= 15 is 0 Å². The first-order valence-electron chi connectivity index (χ1n) is 5.60. The van der Waals surface area contributed by atoms with E-state index in [9.17, 15) is 0 Å². The van der Waals surface area contributed by atoms with E-state index in [1.807, 2.05) is 19.1 Å². The van der Waals surface area contributed by atoms with Crippen molar-refractivity contribution < 1.29 is 9.47 Å². The molecule has 4 nitrogen and oxygen atoms in total. The SMILES string of the molecule is CCO[C@@H]1C[C@@H]2CCC(=C(C#N)C#N)[C@H]1O2. The Morgan fingerprint density at radius 3 is 2.88 bits per heavy atom. The summed E-state index contributed by atoms with van der Waals surface area (Å²) in [5, 5.41) is 17.8. The van der Waals surface area contributed by atoms with E-state index in [1.54, 1.807) is 0 Å². The molecule has 3 atom stereocenters. The molecule has 4 heteroatoms. The van der Waals surface area contributed by atoms with Gasteiger partial charge in [-0.05, 0) is 25.3 Å². The summed E-state index contributed by atoms with van der Waals surface area (Å²) < 4.78 is 11.4. The minimum Gasteiger partial charge on any atom is -0.375 e. The van der Waals surface area contributed by atoms with Crippen LogP contribution in [0.5, 0.6) is 0 Å². The molecule has 2 aliphatic heterocycles. The molecular weight excluding hydrogens is 204 g/mol. The maximum atomic E-state index is 8.89. The summed E-state index contributed by atoms with van der Waals surface area (Å²) in [6.07, 6.45) is 2.64. The van der Waals surface area contributed by atoms with Crippen LogP contribution in [0.25, 0.3) is 0 Å². The van der Waals surface area contributed by atoms with Crippen LogP contribution in [0.4, 0.5) is 0 Å². The summed E-state index contributed by atoms with van der Waals surface area (Å²) in [7, 11) is 0. The van der Waals surface area contributed by atoms with Crippen molar-refractivity contribution in [1.29, 1.82) is 10.5 Å². The van der Waals surface area contributed by atoms with E-state index in [4.69, 9.17) is 20.0 Å². The molecular formula is C12H14N2O2. The number of rotatable bonds is 2. The third kappa shape index (κ3) is 1.82. The van der Waals surface area contributed by atoms with Gasteiger partial charge in [0.25, 0.3) is 0 Å². The molecule has 2 bridgehead atoms. The van der Waals surface area contributed by atoms with E-state index in [-0.39, 0.29) is 23.9 Å². The molecule has 0 radical (unpaired) electrons. The molecule has 0 amide bonds. The lowest BCUT2D eigenvalue weighted by Gasteiger charge is -2.25. The van der Waals surface area contributed by atoms with Gasteiger partial charge < -0.3 is 9.47 Å². The second-order valence-corrected chi connectivity index (χ2v) is 4.07. The van der Waals surface area contributed by atoms with Gasteiger partial charge in [-0.25, -0.2) is 0 Å². The van der Waals surface area contributed by atoms with Crippen molar-refractivity contribution in [1.82, 2.24) is 0 Å². The van der Waals surface area contributed by atoms with E-state index < -0.39 is 0 Å². The molecule has 0 aromatic carbocycles. The van der Waals surface area contributed by atoms with E-state index in [1.165, 1.54) is 0 Å². The van der Waals surface area contributed by atoms with Crippen LogP contribution in [0.3, 0.4) is 0 Å². The lowest BCUT2D eigenvalue weighted by molar-refractivity contribution is -0.0143. The Balaban J connectivity index is 2.27. The second-order valence-electron chi connectivity index (χ2n) is 4.07.